The van der Waals surface area contributed by atoms with E-state index in [0.717, 1.165) is 12.1 Å². The minimum Gasteiger partial charge on any atom is -0.313 e. The van der Waals surface area contributed by atoms with Gasteiger partial charge in [0.25, 0.3) is 0 Å². The van der Waals surface area contributed by atoms with Crippen molar-refractivity contribution in [2.75, 3.05) is 19.6 Å². The second kappa shape index (κ2) is 9.80. The monoisotopic (exact) mass is 254 g/mol. The molecule has 1 saturated heterocycles. The third-order valence-electron chi connectivity index (χ3n) is 4.37. The van der Waals surface area contributed by atoms with Crippen LogP contribution >= 0.6 is 0 Å². The predicted octanol–water partition coefficient (Wildman–Crippen LogP) is 3.81. The molecule has 1 aliphatic rings. The predicted molar refractivity (Wildman–Crippen MR) is 81.1 cm³/mol. The van der Waals surface area contributed by atoms with E-state index < -0.39 is 0 Å². The zero-order chi connectivity index (χ0) is 13.2. The lowest BCUT2D eigenvalue weighted by Crippen LogP contribution is -2.40. The second-order valence-corrected chi connectivity index (χ2v) is 5.96. The highest BCUT2D eigenvalue weighted by Gasteiger charge is 2.20. The topological polar surface area (TPSA) is 15.3 Å². The van der Waals surface area contributed by atoms with Gasteiger partial charge in [0.1, 0.15) is 0 Å². The van der Waals surface area contributed by atoms with Crippen molar-refractivity contribution in [3.05, 3.63) is 0 Å². The van der Waals surface area contributed by atoms with E-state index in [0.29, 0.717) is 0 Å². The van der Waals surface area contributed by atoms with Crippen LogP contribution in [0.5, 0.6) is 0 Å². The highest BCUT2D eigenvalue weighted by atomic mass is 15.2. The molecule has 18 heavy (non-hydrogen) atoms. The van der Waals surface area contributed by atoms with Crippen LogP contribution in [0.2, 0.25) is 0 Å². The summed E-state index contributed by atoms with van der Waals surface area (Å²) in [4.78, 5) is 2.72. The number of rotatable bonds is 8. The first-order valence-corrected chi connectivity index (χ1v) is 8.25. The van der Waals surface area contributed by atoms with Crippen molar-refractivity contribution in [3.8, 4) is 0 Å². The first-order valence-electron chi connectivity index (χ1n) is 8.25. The maximum absolute atomic E-state index is 3.67. The largest absolute Gasteiger partial charge is 0.313 e. The van der Waals surface area contributed by atoms with E-state index in [-0.39, 0.29) is 0 Å². The van der Waals surface area contributed by atoms with Gasteiger partial charge in [0, 0.05) is 18.6 Å². The Kier molecular flexibility index (Phi) is 8.70. The minimum atomic E-state index is 0.718. The van der Waals surface area contributed by atoms with Crippen LogP contribution in [-0.2, 0) is 0 Å². The first kappa shape index (κ1) is 16.0. The van der Waals surface area contributed by atoms with Gasteiger partial charge in [0.15, 0.2) is 0 Å². The van der Waals surface area contributed by atoms with E-state index in [2.05, 4.69) is 31.0 Å². The van der Waals surface area contributed by atoms with Crippen LogP contribution < -0.4 is 5.32 Å². The van der Waals surface area contributed by atoms with Crippen LogP contribution in [0.4, 0.5) is 0 Å². The van der Waals surface area contributed by atoms with Crippen molar-refractivity contribution in [2.45, 2.75) is 84.2 Å². The summed E-state index contributed by atoms with van der Waals surface area (Å²) in [5.74, 6) is 0. The van der Waals surface area contributed by atoms with Crippen molar-refractivity contribution < 1.29 is 0 Å². The van der Waals surface area contributed by atoms with Gasteiger partial charge in [-0.25, -0.2) is 0 Å². The van der Waals surface area contributed by atoms with Gasteiger partial charge in [0.2, 0.25) is 0 Å². The quantitative estimate of drug-likeness (QED) is 0.663. The summed E-state index contributed by atoms with van der Waals surface area (Å²) >= 11 is 0. The average Bonchev–Trinajstić information content (AvgIpc) is 2.56. The molecule has 1 rings (SSSR count). The Morgan fingerprint density at radius 3 is 2.50 bits per heavy atom. The maximum atomic E-state index is 3.67. The van der Waals surface area contributed by atoms with E-state index in [1.165, 1.54) is 71.0 Å². The second-order valence-electron chi connectivity index (χ2n) is 5.96. The van der Waals surface area contributed by atoms with Gasteiger partial charge in [-0.05, 0) is 39.3 Å². The molecule has 1 heterocycles. The Morgan fingerprint density at radius 1 is 1.06 bits per heavy atom. The molecule has 0 aromatic carbocycles. The lowest BCUT2D eigenvalue weighted by Gasteiger charge is -2.28. The Bertz CT molecular complexity index is 194. The Morgan fingerprint density at radius 2 is 1.78 bits per heavy atom. The number of nitrogens with one attached hydrogen (secondary N) is 1. The molecule has 108 valence electrons. The van der Waals surface area contributed by atoms with Crippen LogP contribution in [0.3, 0.4) is 0 Å². The van der Waals surface area contributed by atoms with Gasteiger partial charge < -0.3 is 5.32 Å². The molecule has 2 heteroatoms. The molecule has 1 N–H and O–H groups in total. The average molecular weight is 254 g/mol. The smallest absolute Gasteiger partial charge is 0.0192 e. The molecule has 2 atom stereocenters. The van der Waals surface area contributed by atoms with E-state index in [4.69, 9.17) is 0 Å². The lowest BCUT2D eigenvalue weighted by atomic mass is 10.1. The molecule has 0 aliphatic carbocycles. The molecule has 0 aromatic heterocycles. The van der Waals surface area contributed by atoms with Crippen molar-refractivity contribution in [1.29, 1.82) is 0 Å². The van der Waals surface area contributed by atoms with Crippen molar-refractivity contribution in [1.82, 2.24) is 10.2 Å². The van der Waals surface area contributed by atoms with Gasteiger partial charge >= 0.3 is 0 Å². The Labute approximate surface area is 115 Å². The minimum absolute atomic E-state index is 0.718. The van der Waals surface area contributed by atoms with Crippen molar-refractivity contribution >= 4 is 0 Å². The highest BCUT2D eigenvalue weighted by Crippen LogP contribution is 2.13. The third kappa shape index (κ3) is 6.19. The van der Waals surface area contributed by atoms with Crippen LogP contribution in [0.15, 0.2) is 0 Å². The zero-order valence-corrected chi connectivity index (χ0v) is 12.9. The van der Waals surface area contributed by atoms with E-state index >= 15 is 0 Å². The molecule has 0 amide bonds. The molecule has 0 radical (unpaired) electrons. The molecule has 1 fully saturated rings. The summed E-state index contributed by atoms with van der Waals surface area (Å²) in [7, 11) is 0. The van der Waals surface area contributed by atoms with Crippen LogP contribution in [0.1, 0.15) is 72.1 Å². The SMILES string of the molecule is CCCCCCCCN1CC(CC)NCCC1C. The normalized spacial score (nSPS) is 26.2. The van der Waals surface area contributed by atoms with Crippen LogP contribution in [0, 0.1) is 0 Å². The summed E-state index contributed by atoms with van der Waals surface area (Å²) in [6.07, 6.45) is 11.0. The lowest BCUT2D eigenvalue weighted by molar-refractivity contribution is 0.199. The standard InChI is InChI=1S/C16H34N2/c1-4-6-7-8-9-10-13-18-14-16(5-2)17-12-11-15(18)3/h15-17H,4-14H2,1-3H3. The van der Waals surface area contributed by atoms with Gasteiger partial charge in [0.05, 0.1) is 0 Å². The summed E-state index contributed by atoms with van der Waals surface area (Å²) < 4.78 is 0. The molecule has 0 saturated carbocycles. The Balaban J connectivity index is 2.17. The summed E-state index contributed by atoms with van der Waals surface area (Å²) in [5.41, 5.74) is 0. The third-order valence-corrected chi connectivity index (χ3v) is 4.37. The van der Waals surface area contributed by atoms with Crippen LogP contribution in [-0.4, -0.2) is 36.6 Å². The summed E-state index contributed by atoms with van der Waals surface area (Å²) in [6.45, 7) is 10.8. The number of hydrogen-bond donors (Lipinski definition) is 1. The maximum Gasteiger partial charge on any atom is 0.0192 e. The van der Waals surface area contributed by atoms with E-state index in [9.17, 15) is 0 Å². The number of nitrogens with zero attached hydrogens (tertiary/aromatic N) is 1. The van der Waals surface area contributed by atoms with E-state index in [1.54, 1.807) is 0 Å². The summed E-state index contributed by atoms with van der Waals surface area (Å²) in [5, 5.41) is 3.67. The fourth-order valence-electron chi connectivity index (χ4n) is 2.89. The molecular formula is C16H34N2. The first-order chi connectivity index (χ1) is 8.77. The fourth-order valence-corrected chi connectivity index (χ4v) is 2.89. The zero-order valence-electron chi connectivity index (χ0n) is 12.9. The van der Waals surface area contributed by atoms with Gasteiger partial charge in [-0.3, -0.25) is 4.90 Å². The van der Waals surface area contributed by atoms with Crippen molar-refractivity contribution in [3.63, 3.8) is 0 Å². The van der Waals surface area contributed by atoms with Gasteiger partial charge in [-0.2, -0.15) is 0 Å². The molecule has 0 spiro atoms. The fraction of sp³-hybridized carbons (Fsp3) is 1.00. The molecule has 0 aromatic rings. The molecular weight excluding hydrogens is 220 g/mol. The molecule has 2 nitrogen and oxygen atoms in total. The van der Waals surface area contributed by atoms with Gasteiger partial charge in [-0.1, -0.05) is 46.0 Å². The molecule has 0 bridgehead atoms. The highest BCUT2D eigenvalue weighted by molar-refractivity contribution is 4.80. The van der Waals surface area contributed by atoms with E-state index in [1.807, 2.05) is 0 Å². The number of unbranched alkanes of at least 4 members (excludes halogenated alkanes) is 5. The summed E-state index contributed by atoms with van der Waals surface area (Å²) in [6, 6.07) is 1.49. The van der Waals surface area contributed by atoms with Crippen LogP contribution in [0.25, 0.3) is 0 Å². The van der Waals surface area contributed by atoms with Crippen molar-refractivity contribution in [2.24, 2.45) is 0 Å². The number of hydrogen-bond acceptors (Lipinski definition) is 2. The molecule has 2 unspecified atom stereocenters. The molecule has 1 aliphatic heterocycles. The Hall–Kier alpha value is -0.0800. The van der Waals surface area contributed by atoms with Gasteiger partial charge in [-0.15, -0.1) is 0 Å².